The molecule has 1 aliphatic carbocycles. The van der Waals surface area contributed by atoms with E-state index in [2.05, 4.69) is 25.2 Å². The number of carbonyl (C=O) groups is 1. The summed E-state index contributed by atoms with van der Waals surface area (Å²) >= 11 is 0. The van der Waals surface area contributed by atoms with Crippen LogP contribution in [0.15, 0.2) is 35.6 Å². The summed E-state index contributed by atoms with van der Waals surface area (Å²) < 4.78 is 8.88. The molecule has 0 bridgehead atoms. The first-order chi connectivity index (χ1) is 15.3. The lowest BCUT2D eigenvalue weighted by molar-refractivity contribution is 0.112. The van der Waals surface area contributed by atoms with E-state index in [4.69, 9.17) is 4.74 Å². The van der Waals surface area contributed by atoms with E-state index in [0.717, 1.165) is 47.2 Å². The summed E-state index contributed by atoms with van der Waals surface area (Å²) in [5, 5.41) is 6.37. The van der Waals surface area contributed by atoms with E-state index in [-0.39, 0.29) is 29.8 Å². The number of rotatable bonds is 6. The second kappa shape index (κ2) is 9.02. The second-order valence-electron chi connectivity index (χ2n) is 8.73. The Kier molecular flexibility index (Phi) is 6.16. The Balaban J connectivity index is 1.47. The number of carbonyl (C=O) groups excluding carboxylic acids is 1. The average molecular weight is 439 g/mol. The summed E-state index contributed by atoms with van der Waals surface area (Å²) in [5.74, 6) is 0. The Bertz CT molecular complexity index is 1180. The van der Waals surface area contributed by atoms with Crippen molar-refractivity contribution in [2.24, 2.45) is 7.05 Å². The Hall–Kier alpha value is -3.36. The summed E-state index contributed by atoms with van der Waals surface area (Å²) in [7, 11) is 1.75. The van der Waals surface area contributed by atoms with Crippen LogP contribution in [0.3, 0.4) is 0 Å². The van der Waals surface area contributed by atoms with Crippen LogP contribution in [-0.4, -0.2) is 37.3 Å². The third-order valence-electron chi connectivity index (χ3n) is 5.93. The molecule has 2 atom stereocenters. The highest BCUT2D eigenvalue weighted by atomic mass is 16.6. The first kappa shape index (κ1) is 21.9. The zero-order valence-corrected chi connectivity index (χ0v) is 19.0. The van der Waals surface area contributed by atoms with Gasteiger partial charge in [-0.05, 0) is 57.2 Å². The van der Waals surface area contributed by atoms with E-state index in [0.29, 0.717) is 6.54 Å². The Morgan fingerprint density at radius 2 is 2.12 bits per heavy atom. The largest absolute Gasteiger partial charge is 0.447 e. The number of imidazole rings is 1. The molecule has 170 valence electrons. The van der Waals surface area contributed by atoms with Crippen molar-refractivity contribution < 1.29 is 9.53 Å². The maximum atomic E-state index is 12.0. The minimum absolute atomic E-state index is 0.0294. The quantitative estimate of drug-likeness (QED) is 0.612. The number of anilines is 1. The van der Waals surface area contributed by atoms with Crippen molar-refractivity contribution in [1.29, 1.82) is 0 Å². The number of hydrogen-bond acceptors (Lipinski definition) is 6. The van der Waals surface area contributed by atoms with Gasteiger partial charge in [-0.1, -0.05) is 0 Å². The minimum Gasteiger partial charge on any atom is -0.447 e. The Morgan fingerprint density at radius 1 is 1.31 bits per heavy atom. The van der Waals surface area contributed by atoms with Gasteiger partial charge in [0.15, 0.2) is 5.65 Å². The molecule has 4 rings (SSSR count). The molecule has 9 nitrogen and oxygen atoms in total. The van der Waals surface area contributed by atoms with Crippen molar-refractivity contribution in [3.63, 3.8) is 0 Å². The summed E-state index contributed by atoms with van der Waals surface area (Å²) in [6.07, 6.45) is 7.57. The Morgan fingerprint density at radius 3 is 2.91 bits per heavy atom. The topological polar surface area (TPSA) is 103 Å². The number of ether oxygens (including phenoxy) is 1. The summed E-state index contributed by atoms with van der Waals surface area (Å²) in [5.41, 5.74) is 4.46. The third kappa shape index (κ3) is 4.61. The highest BCUT2D eigenvalue weighted by Gasteiger charge is 2.29. The Labute approximate surface area is 186 Å². The molecule has 0 radical (unpaired) electrons. The molecule has 0 aromatic carbocycles. The molecule has 0 saturated heterocycles. The summed E-state index contributed by atoms with van der Waals surface area (Å²) in [6.45, 7) is 6.20. The molecular weight excluding hydrogens is 408 g/mol. The van der Waals surface area contributed by atoms with Gasteiger partial charge in [0.2, 0.25) is 0 Å². The van der Waals surface area contributed by atoms with Crippen LogP contribution in [0.2, 0.25) is 0 Å². The van der Waals surface area contributed by atoms with Crippen LogP contribution in [0.25, 0.3) is 11.2 Å². The highest BCUT2D eigenvalue weighted by Crippen LogP contribution is 2.33. The standard InChI is InChI=1S/C23H30N6O3/c1-14(2)32-23(31)27-17-5-6-18(10-17)29-13-26-21-19(7-8-24-22(21)29)25-11-16-9-20(30)28(4)12-15(16)3/h7-9,12-14,17-18H,5-6,10-11H2,1-4H3,(H,24,25)(H,27,31)/t17-,18+/m1/s1. The van der Waals surface area contributed by atoms with E-state index in [9.17, 15) is 9.59 Å². The first-order valence-corrected chi connectivity index (χ1v) is 11.0. The van der Waals surface area contributed by atoms with Crippen molar-refractivity contribution in [3.05, 3.63) is 52.3 Å². The first-order valence-electron chi connectivity index (χ1n) is 11.0. The summed E-state index contributed by atoms with van der Waals surface area (Å²) in [6, 6.07) is 3.85. The fourth-order valence-corrected chi connectivity index (χ4v) is 4.28. The number of alkyl carbamates (subject to hydrolysis) is 1. The number of nitrogens with zero attached hydrogens (tertiary/aromatic N) is 4. The van der Waals surface area contributed by atoms with Gasteiger partial charge >= 0.3 is 6.09 Å². The molecule has 3 heterocycles. The molecule has 9 heteroatoms. The zero-order chi connectivity index (χ0) is 22.8. The van der Waals surface area contributed by atoms with Crippen LogP contribution in [0, 0.1) is 6.92 Å². The van der Waals surface area contributed by atoms with Gasteiger partial charge in [-0.2, -0.15) is 0 Å². The lowest BCUT2D eigenvalue weighted by Crippen LogP contribution is -2.34. The molecule has 1 aliphatic rings. The predicted molar refractivity (Wildman–Crippen MR) is 123 cm³/mol. The van der Waals surface area contributed by atoms with Gasteiger partial charge < -0.3 is 24.5 Å². The minimum atomic E-state index is -0.364. The van der Waals surface area contributed by atoms with Crippen molar-refractivity contribution >= 4 is 22.9 Å². The molecular formula is C23H30N6O3. The molecule has 0 unspecified atom stereocenters. The number of amides is 1. The molecule has 1 fully saturated rings. The predicted octanol–water partition coefficient (Wildman–Crippen LogP) is 3.28. The second-order valence-corrected chi connectivity index (χ2v) is 8.73. The number of nitrogens with one attached hydrogen (secondary N) is 2. The average Bonchev–Trinajstić information content (AvgIpc) is 3.36. The SMILES string of the molecule is Cc1cn(C)c(=O)cc1CNc1ccnc2c1ncn2[C@H]1CC[C@@H](NC(=O)OC(C)C)C1. The lowest BCUT2D eigenvalue weighted by Gasteiger charge is -2.16. The number of hydrogen-bond donors (Lipinski definition) is 2. The van der Waals surface area contributed by atoms with Crippen LogP contribution >= 0.6 is 0 Å². The number of aryl methyl sites for hydroxylation is 2. The number of fused-ring (bicyclic) bond motifs is 1. The van der Waals surface area contributed by atoms with Crippen LogP contribution in [0.1, 0.15) is 50.3 Å². The van der Waals surface area contributed by atoms with Crippen molar-refractivity contribution in [2.75, 3.05) is 5.32 Å². The molecule has 3 aromatic rings. The molecule has 1 saturated carbocycles. The van der Waals surface area contributed by atoms with Gasteiger partial charge in [-0.15, -0.1) is 0 Å². The molecule has 3 aromatic heterocycles. The van der Waals surface area contributed by atoms with Crippen LogP contribution in [-0.2, 0) is 18.3 Å². The maximum absolute atomic E-state index is 12.0. The van der Waals surface area contributed by atoms with Gasteiger partial charge in [-0.3, -0.25) is 4.79 Å². The fourth-order valence-electron chi connectivity index (χ4n) is 4.28. The summed E-state index contributed by atoms with van der Waals surface area (Å²) in [4.78, 5) is 33.1. The highest BCUT2D eigenvalue weighted by molar-refractivity contribution is 5.85. The third-order valence-corrected chi connectivity index (χ3v) is 5.93. The van der Waals surface area contributed by atoms with Crippen molar-refractivity contribution in [3.8, 4) is 0 Å². The van der Waals surface area contributed by atoms with E-state index >= 15 is 0 Å². The molecule has 0 spiro atoms. The van der Waals surface area contributed by atoms with Gasteiger partial charge in [0, 0.05) is 44.1 Å². The molecule has 32 heavy (non-hydrogen) atoms. The van der Waals surface area contributed by atoms with Gasteiger partial charge in [0.25, 0.3) is 5.56 Å². The van der Waals surface area contributed by atoms with Crippen LogP contribution in [0.4, 0.5) is 10.5 Å². The van der Waals surface area contributed by atoms with Crippen molar-refractivity contribution in [1.82, 2.24) is 24.4 Å². The van der Waals surface area contributed by atoms with E-state index in [1.807, 2.05) is 39.4 Å². The molecule has 1 amide bonds. The van der Waals surface area contributed by atoms with Gasteiger partial charge in [0.1, 0.15) is 5.52 Å². The molecule has 0 aliphatic heterocycles. The number of aromatic nitrogens is 4. The van der Waals surface area contributed by atoms with Crippen LogP contribution < -0.4 is 16.2 Å². The van der Waals surface area contributed by atoms with E-state index in [1.54, 1.807) is 23.9 Å². The lowest BCUT2D eigenvalue weighted by atomic mass is 10.1. The zero-order valence-electron chi connectivity index (χ0n) is 19.0. The van der Waals surface area contributed by atoms with Crippen molar-refractivity contribution in [2.45, 2.75) is 64.8 Å². The smallest absolute Gasteiger partial charge is 0.407 e. The van der Waals surface area contributed by atoms with Crippen LogP contribution in [0.5, 0.6) is 0 Å². The maximum Gasteiger partial charge on any atom is 0.407 e. The fraction of sp³-hybridized carbons (Fsp3) is 0.478. The van der Waals surface area contributed by atoms with E-state index < -0.39 is 0 Å². The normalized spacial score (nSPS) is 18.3. The van der Waals surface area contributed by atoms with Gasteiger partial charge in [0.05, 0.1) is 18.1 Å². The molecule has 2 N–H and O–H groups in total. The van der Waals surface area contributed by atoms with Gasteiger partial charge in [-0.25, -0.2) is 14.8 Å². The monoisotopic (exact) mass is 438 g/mol. The number of pyridine rings is 2. The van der Waals surface area contributed by atoms with E-state index in [1.165, 1.54) is 0 Å².